The number of piperidine rings is 1. The highest BCUT2D eigenvalue weighted by Gasteiger charge is 2.29. The maximum atomic E-state index is 12.9. The van der Waals surface area contributed by atoms with Gasteiger partial charge in [0, 0.05) is 51.7 Å². The van der Waals surface area contributed by atoms with Crippen molar-refractivity contribution in [3.63, 3.8) is 0 Å². The monoisotopic (exact) mass is 446 g/mol. The van der Waals surface area contributed by atoms with Gasteiger partial charge in [0.25, 0.3) is 5.91 Å². The van der Waals surface area contributed by atoms with E-state index >= 15 is 0 Å². The van der Waals surface area contributed by atoms with E-state index in [1.54, 1.807) is 33.5 Å². The molecule has 2 aromatic rings. The first-order valence-corrected chi connectivity index (χ1v) is 12.3. The SMILES string of the molecule is CCN1CCN(C(=O)c2cn(-c3ccc(S(=O)(=O)N4CCCC(C)C4)cn3)cn2)CC1. The fraction of sp³-hybridized carbons (Fsp3) is 0.571. The van der Waals surface area contributed by atoms with Gasteiger partial charge in [0.2, 0.25) is 10.0 Å². The summed E-state index contributed by atoms with van der Waals surface area (Å²) >= 11 is 0. The number of amides is 1. The number of rotatable bonds is 5. The van der Waals surface area contributed by atoms with E-state index in [0.717, 1.165) is 32.5 Å². The third kappa shape index (κ3) is 4.65. The van der Waals surface area contributed by atoms with Gasteiger partial charge in [0.15, 0.2) is 0 Å². The second-order valence-electron chi connectivity index (χ2n) is 8.36. The van der Waals surface area contributed by atoms with Crippen molar-refractivity contribution in [3.05, 3.63) is 36.5 Å². The summed E-state index contributed by atoms with van der Waals surface area (Å²) in [4.78, 5) is 25.6. The Balaban J connectivity index is 1.45. The van der Waals surface area contributed by atoms with Crippen LogP contribution in [-0.4, -0.2) is 88.8 Å². The van der Waals surface area contributed by atoms with Gasteiger partial charge in [-0.15, -0.1) is 0 Å². The minimum Gasteiger partial charge on any atom is -0.335 e. The molecule has 0 bridgehead atoms. The quantitative estimate of drug-likeness (QED) is 0.691. The van der Waals surface area contributed by atoms with Crippen molar-refractivity contribution >= 4 is 15.9 Å². The van der Waals surface area contributed by atoms with E-state index in [4.69, 9.17) is 0 Å². The Hall–Kier alpha value is -2.30. The molecule has 0 saturated carbocycles. The molecule has 1 atom stereocenters. The van der Waals surface area contributed by atoms with Crippen LogP contribution in [-0.2, 0) is 10.0 Å². The van der Waals surface area contributed by atoms with Gasteiger partial charge in [0.05, 0.1) is 0 Å². The third-order valence-electron chi connectivity index (χ3n) is 6.15. The predicted octanol–water partition coefficient (Wildman–Crippen LogP) is 1.47. The Morgan fingerprint density at radius 1 is 1.13 bits per heavy atom. The normalized spacial score (nSPS) is 21.4. The van der Waals surface area contributed by atoms with Gasteiger partial charge in [-0.3, -0.25) is 9.36 Å². The molecule has 2 aliphatic heterocycles. The minimum atomic E-state index is -3.54. The van der Waals surface area contributed by atoms with E-state index < -0.39 is 10.0 Å². The maximum absolute atomic E-state index is 12.9. The summed E-state index contributed by atoms with van der Waals surface area (Å²) < 4.78 is 29.0. The lowest BCUT2D eigenvalue weighted by Gasteiger charge is -2.33. The van der Waals surface area contributed by atoms with Crippen molar-refractivity contribution in [2.75, 3.05) is 45.8 Å². The zero-order valence-corrected chi connectivity index (χ0v) is 19.0. The molecule has 2 aromatic heterocycles. The largest absolute Gasteiger partial charge is 0.335 e. The number of sulfonamides is 1. The number of imidazole rings is 1. The summed E-state index contributed by atoms with van der Waals surface area (Å²) in [5, 5.41) is 0. The highest BCUT2D eigenvalue weighted by atomic mass is 32.2. The summed E-state index contributed by atoms with van der Waals surface area (Å²) in [6.45, 7) is 9.41. The van der Waals surface area contributed by atoms with E-state index in [2.05, 4.69) is 28.7 Å². The average Bonchev–Trinajstić information content (AvgIpc) is 3.29. The van der Waals surface area contributed by atoms with Crippen molar-refractivity contribution in [2.45, 2.75) is 31.6 Å². The Morgan fingerprint density at radius 2 is 1.90 bits per heavy atom. The Kier molecular flexibility index (Phi) is 6.40. The molecule has 4 heterocycles. The van der Waals surface area contributed by atoms with E-state index in [-0.39, 0.29) is 10.8 Å². The lowest BCUT2D eigenvalue weighted by molar-refractivity contribution is 0.0638. The molecule has 1 unspecified atom stereocenters. The summed E-state index contributed by atoms with van der Waals surface area (Å²) in [5.74, 6) is 0.795. The van der Waals surface area contributed by atoms with Crippen molar-refractivity contribution in [1.82, 2.24) is 28.6 Å². The number of likely N-dealkylation sites (N-methyl/N-ethyl adjacent to an activating group) is 1. The number of carbonyl (C=O) groups is 1. The molecular weight excluding hydrogens is 416 g/mol. The van der Waals surface area contributed by atoms with Crippen LogP contribution in [0.3, 0.4) is 0 Å². The van der Waals surface area contributed by atoms with Crippen LogP contribution in [0.2, 0.25) is 0 Å². The molecule has 168 valence electrons. The highest BCUT2D eigenvalue weighted by molar-refractivity contribution is 7.89. The van der Waals surface area contributed by atoms with Crippen LogP contribution in [0.5, 0.6) is 0 Å². The molecule has 2 fully saturated rings. The smallest absolute Gasteiger partial charge is 0.274 e. The molecule has 0 spiro atoms. The molecule has 1 amide bonds. The molecule has 4 rings (SSSR count). The summed E-state index contributed by atoms with van der Waals surface area (Å²) in [6, 6.07) is 3.22. The van der Waals surface area contributed by atoms with Crippen LogP contribution in [0.25, 0.3) is 5.82 Å². The van der Waals surface area contributed by atoms with Crippen molar-refractivity contribution in [1.29, 1.82) is 0 Å². The standard InChI is InChI=1S/C21H30N6O3S/c1-3-24-9-11-25(12-10-24)21(28)19-15-26(16-23-19)20-7-6-18(13-22-20)31(29,30)27-8-4-5-17(2)14-27/h6-7,13,15-17H,3-5,8-12,14H2,1-2H3. The van der Waals surface area contributed by atoms with E-state index in [9.17, 15) is 13.2 Å². The predicted molar refractivity (Wildman–Crippen MR) is 117 cm³/mol. The van der Waals surface area contributed by atoms with Gasteiger partial charge >= 0.3 is 0 Å². The van der Waals surface area contributed by atoms with Gasteiger partial charge in [0.1, 0.15) is 22.7 Å². The first kappa shape index (κ1) is 21.9. The van der Waals surface area contributed by atoms with Crippen LogP contribution in [0.4, 0.5) is 0 Å². The lowest BCUT2D eigenvalue weighted by atomic mass is 10.0. The van der Waals surface area contributed by atoms with Crippen molar-refractivity contribution in [2.24, 2.45) is 5.92 Å². The Morgan fingerprint density at radius 3 is 2.55 bits per heavy atom. The molecule has 0 radical (unpaired) electrons. The van der Waals surface area contributed by atoms with E-state index in [1.165, 1.54) is 6.20 Å². The molecular formula is C21H30N6O3S. The number of piperazine rings is 1. The minimum absolute atomic E-state index is 0.0899. The molecule has 0 aromatic carbocycles. The zero-order valence-electron chi connectivity index (χ0n) is 18.1. The highest BCUT2D eigenvalue weighted by Crippen LogP contribution is 2.23. The fourth-order valence-corrected chi connectivity index (χ4v) is 5.72. The van der Waals surface area contributed by atoms with Gasteiger partial charge in [-0.2, -0.15) is 4.31 Å². The molecule has 2 saturated heterocycles. The Labute approximate surface area is 183 Å². The fourth-order valence-electron chi connectivity index (χ4n) is 4.18. The van der Waals surface area contributed by atoms with Gasteiger partial charge in [-0.05, 0) is 37.4 Å². The molecule has 2 aliphatic rings. The first-order valence-electron chi connectivity index (χ1n) is 10.9. The molecule has 0 N–H and O–H groups in total. The summed E-state index contributed by atoms with van der Waals surface area (Å²) in [5.41, 5.74) is 0.366. The summed E-state index contributed by atoms with van der Waals surface area (Å²) in [7, 11) is -3.54. The van der Waals surface area contributed by atoms with E-state index in [0.29, 0.717) is 43.6 Å². The second kappa shape index (κ2) is 9.05. The number of nitrogens with zero attached hydrogens (tertiary/aromatic N) is 6. The van der Waals surface area contributed by atoms with E-state index in [1.807, 2.05) is 4.90 Å². The van der Waals surface area contributed by atoms with Crippen LogP contribution in [0, 0.1) is 5.92 Å². The molecule has 9 nitrogen and oxygen atoms in total. The number of carbonyl (C=O) groups excluding carboxylic acids is 1. The topological polar surface area (TPSA) is 91.6 Å². The van der Waals surface area contributed by atoms with Crippen molar-refractivity contribution < 1.29 is 13.2 Å². The van der Waals surface area contributed by atoms with Gasteiger partial charge in [-0.1, -0.05) is 13.8 Å². The molecule has 31 heavy (non-hydrogen) atoms. The Bertz CT molecular complexity index is 1010. The molecule has 0 aliphatic carbocycles. The number of pyridine rings is 1. The molecule has 10 heteroatoms. The second-order valence-corrected chi connectivity index (χ2v) is 10.3. The number of hydrogen-bond acceptors (Lipinski definition) is 6. The zero-order chi connectivity index (χ0) is 22.0. The lowest BCUT2D eigenvalue weighted by Crippen LogP contribution is -2.48. The van der Waals surface area contributed by atoms with Crippen LogP contribution >= 0.6 is 0 Å². The van der Waals surface area contributed by atoms with Crippen molar-refractivity contribution in [3.8, 4) is 5.82 Å². The van der Waals surface area contributed by atoms with Crippen LogP contribution in [0.1, 0.15) is 37.2 Å². The van der Waals surface area contributed by atoms with Crippen LogP contribution < -0.4 is 0 Å². The van der Waals surface area contributed by atoms with Crippen LogP contribution in [0.15, 0.2) is 35.7 Å². The number of hydrogen-bond donors (Lipinski definition) is 0. The maximum Gasteiger partial charge on any atom is 0.274 e. The summed E-state index contributed by atoms with van der Waals surface area (Å²) in [6.07, 6.45) is 6.51. The number of aromatic nitrogens is 3. The first-order chi connectivity index (χ1) is 14.9. The average molecular weight is 447 g/mol. The third-order valence-corrected chi connectivity index (χ3v) is 8.00. The van der Waals surface area contributed by atoms with Gasteiger partial charge < -0.3 is 9.80 Å². The van der Waals surface area contributed by atoms with Gasteiger partial charge in [-0.25, -0.2) is 18.4 Å².